The van der Waals surface area contributed by atoms with E-state index in [1.165, 1.54) is 13.0 Å². The predicted octanol–water partition coefficient (Wildman–Crippen LogP) is 6.10. The molecular formula is C22H18F3N3O. The Balaban J connectivity index is 1.96. The van der Waals surface area contributed by atoms with Gasteiger partial charge < -0.3 is 4.98 Å². The highest BCUT2D eigenvalue weighted by molar-refractivity contribution is 6.01. The Labute approximate surface area is 165 Å². The van der Waals surface area contributed by atoms with Gasteiger partial charge in [0, 0.05) is 17.5 Å². The van der Waals surface area contributed by atoms with Crippen molar-refractivity contribution < 1.29 is 18.0 Å². The maximum absolute atomic E-state index is 12.8. The van der Waals surface area contributed by atoms with Crippen molar-refractivity contribution in [3.63, 3.8) is 0 Å². The number of ketones is 1. The van der Waals surface area contributed by atoms with Gasteiger partial charge in [0.1, 0.15) is 11.5 Å². The number of hydrogen-bond acceptors (Lipinski definition) is 3. The minimum atomic E-state index is -4.56. The molecule has 0 saturated carbocycles. The van der Waals surface area contributed by atoms with Crippen molar-refractivity contribution in [2.75, 3.05) is 0 Å². The fourth-order valence-electron chi connectivity index (χ4n) is 2.64. The Kier molecular flexibility index (Phi) is 5.77. The number of pyridine rings is 1. The number of nitrogens with one attached hydrogen (secondary N) is 1. The van der Waals surface area contributed by atoms with E-state index in [1.54, 1.807) is 18.3 Å². The predicted molar refractivity (Wildman–Crippen MR) is 108 cm³/mol. The van der Waals surface area contributed by atoms with E-state index in [4.69, 9.17) is 0 Å². The molecule has 3 rings (SSSR count). The molecule has 148 valence electrons. The number of carbonyl (C=O) groups excluding carboxylic acids is 1. The number of benzene rings is 1. The highest BCUT2D eigenvalue weighted by Gasteiger charge is 2.32. The van der Waals surface area contributed by atoms with Crippen molar-refractivity contribution in [2.24, 2.45) is 4.99 Å². The van der Waals surface area contributed by atoms with Crippen LogP contribution in [0.5, 0.6) is 0 Å². The summed E-state index contributed by atoms with van der Waals surface area (Å²) in [6.45, 7) is 2.15. The molecule has 3 aromatic rings. The van der Waals surface area contributed by atoms with Gasteiger partial charge in [0.2, 0.25) is 0 Å². The van der Waals surface area contributed by atoms with Crippen molar-refractivity contribution in [3.8, 4) is 11.3 Å². The van der Waals surface area contributed by atoms with Gasteiger partial charge in [-0.25, -0.2) is 4.99 Å². The van der Waals surface area contributed by atoms with E-state index in [1.807, 2.05) is 42.5 Å². The lowest BCUT2D eigenvalue weighted by atomic mass is 10.1. The van der Waals surface area contributed by atoms with Crippen LogP contribution in [0.1, 0.15) is 35.5 Å². The fraction of sp³-hybridized carbons (Fsp3) is 0.136. The number of rotatable bonds is 5. The second kappa shape index (κ2) is 8.26. The number of aromatic amines is 1. The number of hydrogen-bond donors (Lipinski definition) is 1. The number of carbonyl (C=O) groups is 1. The van der Waals surface area contributed by atoms with Crippen LogP contribution in [-0.4, -0.2) is 27.6 Å². The van der Waals surface area contributed by atoms with Gasteiger partial charge in [0.25, 0.3) is 0 Å². The number of halogens is 3. The first-order valence-electron chi connectivity index (χ1n) is 8.80. The van der Waals surface area contributed by atoms with Gasteiger partial charge in [-0.2, -0.15) is 13.2 Å². The summed E-state index contributed by atoms with van der Waals surface area (Å²) in [6, 6.07) is 14.7. The van der Waals surface area contributed by atoms with Crippen molar-refractivity contribution >= 4 is 29.5 Å². The Bertz CT molecular complexity index is 1080. The number of nitrogens with zero attached hydrogens (tertiary/aromatic N) is 2. The standard InChI is InChI=1S/C22H18F3N3O/c1-14(29)19-13-20(28-21(19)27-15(2)22(23,24)25)17-10-11-26-18(12-17)9-8-16-6-4-3-5-7-16/h3-13,28H,1-2H3/b9-8+,27-15+. The first-order valence-corrected chi connectivity index (χ1v) is 8.80. The minimum absolute atomic E-state index is 0.0989. The molecule has 0 aliphatic carbocycles. The summed E-state index contributed by atoms with van der Waals surface area (Å²) >= 11 is 0. The first-order chi connectivity index (χ1) is 13.7. The summed E-state index contributed by atoms with van der Waals surface area (Å²) in [5.41, 5.74) is 1.91. The third kappa shape index (κ3) is 5.07. The van der Waals surface area contributed by atoms with E-state index in [-0.39, 0.29) is 17.2 Å². The highest BCUT2D eigenvalue weighted by atomic mass is 19.4. The SMILES string of the molecule is CC(=O)c1cc(-c2ccnc(/C=C/c3ccccc3)c2)[nH]c1/N=C(\C)C(F)(F)F. The number of alkyl halides is 3. The molecule has 0 spiro atoms. The summed E-state index contributed by atoms with van der Waals surface area (Å²) in [4.78, 5) is 22.6. The molecule has 0 saturated heterocycles. The molecule has 0 aliphatic heterocycles. The molecule has 29 heavy (non-hydrogen) atoms. The average molecular weight is 397 g/mol. The number of aliphatic imine (C=N–C) groups is 1. The topological polar surface area (TPSA) is 58.1 Å². The summed E-state index contributed by atoms with van der Waals surface area (Å²) in [5.74, 6) is -0.486. The normalized spacial score (nSPS) is 12.5. The van der Waals surface area contributed by atoms with Gasteiger partial charge in [0.05, 0.1) is 11.3 Å². The van der Waals surface area contributed by atoms with Crippen LogP contribution in [0.15, 0.2) is 59.7 Å². The molecular weight excluding hydrogens is 379 g/mol. The van der Waals surface area contributed by atoms with Crippen LogP contribution in [0.25, 0.3) is 23.4 Å². The molecule has 0 fully saturated rings. The number of H-pyrrole nitrogens is 1. The van der Waals surface area contributed by atoms with Gasteiger partial charge in [-0.3, -0.25) is 9.78 Å². The fourth-order valence-corrected chi connectivity index (χ4v) is 2.64. The zero-order chi connectivity index (χ0) is 21.0. The third-order valence-corrected chi connectivity index (χ3v) is 4.20. The van der Waals surface area contributed by atoms with E-state index >= 15 is 0 Å². The second-order valence-corrected chi connectivity index (χ2v) is 6.41. The number of aromatic nitrogens is 2. The largest absolute Gasteiger partial charge is 0.429 e. The molecule has 0 amide bonds. The zero-order valence-electron chi connectivity index (χ0n) is 15.8. The van der Waals surface area contributed by atoms with Crippen molar-refractivity contribution in [1.82, 2.24) is 9.97 Å². The maximum atomic E-state index is 12.8. The van der Waals surface area contributed by atoms with E-state index in [0.717, 1.165) is 12.5 Å². The van der Waals surface area contributed by atoms with E-state index in [9.17, 15) is 18.0 Å². The van der Waals surface area contributed by atoms with Crippen LogP contribution in [-0.2, 0) is 0 Å². The van der Waals surface area contributed by atoms with Gasteiger partial charge in [0.15, 0.2) is 5.78 Å². The quantitative estimate of drug-likeness (QED) is 0.417. The molecule has 0 atom stereocenters. The molecule has 0 bridgehead atoms. The lowest BCUT2D eigenvalue weighted by molar-refractivity contribution is -0.0591. The molecule has 7 heteroatoms. The summed E-state index contributed by atoms with van der Waals surface area (Å²) in [5, 5.41) is 0. The van der Waals surface area contributed by atoms with Gasteiger partial charge in [-0.1, -0.05) is 36.4 Å². The molecule has 2 heterocycles. The van der Waals surface area contributed by atoms with Gasteiger partial charge in [-0.05, 0) is 43.7 Å². The van der Waals surface area contributed by atoms with Crippen LogP contribution in [0.2, 0.25) is 0 Å². The average Bonchev–Trinajstić information content (AvgIpc) is 3.11. The van der Waals surface area contributed by atoms with Crippen molar-refractivity contribution in [3.05, 3.63) is 71.5 Å². The first kappa shape index (κ1) is 20.3. The molecule has 2 aromatic heterocycles. The van der Waals surface area contributed by atoms with Crippen LogP contribution >= 0.6 is 0 Å². The highest BCUT2D eigenvalue weighted by Crippen LogP contribution is 2.29. The molecule has 0 radical (unpaired) electrons. The molecule has 4 nitrogen and oxygen atoms in total. The summed E-state index contributed by atoms with van der Waals surface area (Å²) in [7, 11) is 0. The van der Waals surface area contributed by atoms with E-state index in [2.05, 4.69) is 15.0 Å². The van der Waals surface area contributed by atoms with Gasteiger partial charge in [-0.15, -0.1) is 0 Å². The Hall–Kier alpha value is -3.48. The maximum Gasteiger partial charge on any atom is 0.429 e. The Morgan fingerprint density at radius 1 is 1.07 bits per heavy atom. The van der Waals surface area contributed by atoms with Gasteiger partial charge >= 0.3 is 6.18 Å². The van der Waals surface area contributed by atoms with Crippen LogP contribution in [0.3, 0.4) is 0 Å². The summed E-state index contributed by atoms with van der Waals surface area (Å²) < 4.78 is 38.5. The Morgan fingerprint density at radius 3 is 2.45 bits per heavy atom. The minimum Gasteiger partial charge on any atom is -0.339 e. The lowest BCUT2D eigenvalue weighted by Crippen LogP contribution is -2.19. The van der Waals surface area contributed by atoms with Crippen LogP contribution < -0.4 is 0 Å². The van der Waals surface area contributed by atoms with E-state index < -0.39 is 11.9 Å². The van der Waals surface area contributed by atoms with Crippen molar-refractivity contribution in [2.45, 2.75) is 20.0 Å². The Morgan fingerprint density at radius 2 is 1.79 bits per heavy atom. The third-order valence-electron chi connectivity index (χ3n) is 4.20. The molecule has 0 aliphatic rings. The monoisotopic (exact) mass is 397 g/mol. The van der Waals surface area contributed by atoms with E-state index in [0.29, 0.717) is 17.0 Å². The zero-order valence-corrected chi connectivity index (χ0v) is 15.8. The molecule has 1 aromatic carbocycles. The van der Waals surface area contributed by atoms with Crippen LogP contribution in [0, 0.1) is 0 Å². The smallest absolute Gasteiger partial charge is 0.339 e. The molecule has 0 unspecified atom stereocenters. The number of Topliss-reactive ketones (excluding diaryl/α,β-unsaturated/α-hetero) is 1. The molecule has 1 N–H and O–H groups in total. The van der Waals surface area contributed by atoms with Crippen LogP contribution in [0.4, 0.5) is 19.0 Å². The second-order valence-electron chi connectivity index (χ2n) is 6.41. The lowest BCUT2D eigenvalue weighted by Gasteiger charge is -2.05. The van der Waals surface area contributed by atoms with Crippen molar-refractivity contribution in [1.29, 1.82) is 0 Å². The summed E-state index contributed by atoms with van der Waals surface area (Å²) in [6.07, 6.45) is 0.772.